The summed E-state index contributed by atoms with van der Waals surface area (Å²) in [4.78, 5) is 18.0. The van der Waals surface area contributed by atoms with E-state index in [1.807, 2.05) is 6.07 Å². The molecule has 2 rings (SSSR count). The van der Waals surface area contributed by atoms with Gasteiger partial charge in [-0.3, -0.25) is 9.88 Å². The summed E-state index contributed by atoms with van der Waals surface area (Å²) in [7, 11) is 1.37. The molecule has 2 heterocycles. The van der Waals surface area contributed by atoms with Crippen molar-refractivity contribution in [1.82, 2.24) is 15.2 Å². The number of nitrogens with one attached hydrogen (secondary N) is 1. The molecule has 0 bridgehead atoms. The molecule has 0 amide bonds. The number of pyridine rings is 1. The van der Waals surface area contributed by atoms with Crippen LogP contribution in [0.1, 0.15) is 23.0 Å². The average Bonchev–Trinajstić information content (AvgIpc) is 2.41. The summed E-state index contributed by atoms with van der Waals surface area (Å²) < 4.78 is 4.65. The fourth-order valence-electron chi connectivity index (χ4n) is 2.08. The van der Waals surface area contributed by atoms with Gasteiger partial charge in [0, 0.05) is 38.4 Å². The van der Waals surface area contributed by atoms with Crippen molar-refractivity contribution < 1.29 is 9.53 Å². The molecule has 1 aromatic rings. The first-order valence-electron chi connectivity index (χ1n) is 6.18. The lowest BCUT2D eigenvalue weighted by atomic mass is 10.2. The molecule has 1 N–H and O–H groups in total. The zero-order valence-electron chi connectivity index (χ0n) is 10.8. The van der Waals surface area contributed by atoms with Gasteiger partial charge in [0.1, 0.15) is 0 Å². The molecular formula is C13H19N3O2. The van der Waals surface area contributed by atoms with Gasteiger partial charge in [0.05, 0.1) is 18.4 Å². The molecule has 1 aliphatic rings. The van der Waals surface area contributed by atoms with Gasteiger partial charge < -0.3 is 10.1 Å². The molecule has 1 aliphatic heterocycles. The minimum atomic E-state index is -0.343. The van der Waals surface area contributed by atoms with E-state index in [0.717, 1.165) is 31.9 Å². The zero-order chi connectivity index (χ0) is 13.0. The average molecular weight is 249 g/mol. The number of ether oxygens (including phenoxy) is 1. The standard InChI is InChI=1S/C13H19N3O2/c1-10-7-14-5-6-16(10)9-12-4-3-11(8-15-12)13(17)18-2/h3-4,8,10,14H,5-7,9H2,1-2H3. The van der Waals surface area contributed by atoms with Crippen molar-refractivity contribution in [2.45, 2.75) is 19.5 Å². The number of esters is 1. The molecule has 5 heteroatoms. The molecule has 0 spiro atoms. The van der Waals surface area contributed by atoms with E-state index in [1.165, 1.54) is 7.11 Å². The fraction of sp³-hybridized carbons (Fsp3) is 0.538. The number of aromatic nitrogens is 1. The van der Waals surface area contributed by atoms with Crippen molar-refractivity contribution in [1.29, 1.82) is 0 Å². The van der Waals surface area contributed by atoms with Crippen LogP contribution < -0.4 is 5.32 Å². The van der Waals surface area contributed by atoms with Crippen LogP contribution in [0.3, 0.4) is 0 Å². The Labute approximate surface area is 107 Å². The van der Waals surface area contributed by atoms with Gasteiger partial charge in [0.15, 0.2) is 0 Å². The van der Waals surface area contributed by atoms with Gasteiger partial charge in [-0.1, -0.05) is 0 Å². The summed E-state index contributed by atoms with van der Waals surface area (Å²) in [5.74, 6) is -0.343. The highest BCUT2D eigenvalue weighted by Crippen LogP contribution is 2.09. The van der Waals surface area contributed by atoms with Crippen LogP contribution in [-0.2, 0) is 11.3 Å². The first kappa shape index (κ1) is 13.0. The molecule has 1 aromatic heterocycles. The summed E-state index contributed by atoms with van der Waals surface area (Å²) in [6.07, 6.45) is 1.58. The van der Waals surface area contributed by atoms with E-state index in [4.69, 9.17) is 0 Å². The van der Waals surface area contributed by atoms with Crippen LogP contribution in [0.15, 0.2) is 18.3 Å². The molecule has 1 unspecified atom stereocenters. The van der Waals surface area contributed by atoms with Gasteiger partial charge in [-0.05, 0) is 19.1 Å². The third kappa shape index (κ3) is 3.05. The topological polar surface area (TPSA) is 54.5 Å². The first-order valence-corrected chi connectivity index (χ1v) is 6.18. The van der Waals surface area contributed by atoms with Crippen LogP contribution in [0.25, 0.3) is 0 Å². The van der Waals surface area contributed by atoms with E-state index >= 15 is 0 Å². The second-order valence-corrected chi connectivity index (χ2v) is 4.55. The largest absolute Gasteiger partial charge is 0.465 e. The molecule has 0 saturated carbocycles. The Kier molecular flexibility index (Phi) is 4.28. The van der Waals surface area contributed by atoms with Crippen molar-refractivity contribution in [2.75, 3.05) is 26.7 Å². The Bertz CT molecular complexity index is 405. The fourth-order valence-corrected chi connectivity index (χ4v) is 2.08. The highest BCUT2D eigenvalue weighted by Gasteiger charge is 2.18. The SMILES string of the molecule is COC(=O)c1ccc(CN2CCNCC2C)nc1. The van der Waals surface area contributed by atoms with Crippen molar-refractivity contribution in [2.24, 2.45) is 0 Å². The van der Waals surface area contributed by atoms with E-state index < -0.39 is 0 Å². The molecule has 5 nitrogen and oxygen atoms in total. The first-order chi connectivity index (χ1) is 8.70. The van der Waals surface area contributed by atoms with Gasteiger partial charge in [-0.15, -0.1) is 0 Å². The minimum Gasteiger partial charge on any atom is -0.465 e. The molecule has 0 aliphatic carbocycles. The molecule has 0 aromatic carbocycles. The maximum Gasteiger partial charge on any atom is 0.339 e. The smallest absolute Gasteiger partial charge is 0.339 e. The number of nitrogens with zero attached hydrogens (tertiary/aromatic N) is 2. The number of methoxy groups -OCH3 is 1. The molecule has 1 fully saturated rings. The molecule has 0 radical (unpaired) electrons. The van der Waals surface area contributed by atoms with E-state index in [1.54, 1.807) is 12.3 Å². The van der Waals surface area contributed by atoms with E-state index in [9.17, 15) is 4.79 Å². The van der Waals surface area contributed by atoms with Crippen molar-refractivity contribution in [3.8, 4) is 0 Å². The number of carbonyl (C=O) groups is 1. The monoisotopic (exact) mass is 249 g/mol. The maximum atomic E-state index is 11.3. The Balaban J connectivity index is 1.99. The second-order valence-electron chi connectivity index (χ2n) is 4.55. The Morgan fingerprint density at radius 2 is 2.44 bits per heavy atom. The number of hydrogen-bond acceptors (Lipinski definition) is 5. The van der Waals surface area contributed by atoms with Crippen molar-refractivity contribution in [3.05, 3.63) is 29.6 Å². The number of carbonyl (C=O) groups excluding carboxylic acids is 1. The predicted octanol–water partition coefficient (Wildman–Crippen LogP) is 0.662. The molecule has 1 saturated heterocycles. The summed E-state index contributed by atoms with van der Waals surface area (Å²) in [5, 5.41) is 3.36. The van der Waals surface area contributed by atoms with Crippen LogP contribution in [-0.4, -0.2) is 48.6 Å². The van der Waals surface area contributed by atoms with Crippen LogP contribution >= 0.6 is 0 Å². The number of piperazine rings is 1. The zero-order valence-corrected chi connectivity index (χ0v) is 10.8. The van der Waals surface area contributed by atoms with Gasteiger partial charge in [0.25, 0.3) is 0 Å². The maximum absolute atomic E-state index is 11.3. The van der Waals surface area contributed by atoms with Gasteiger partial charge in [0.2, 0.25) is 0 Å². The lowest BCUT2D eigenvalue weighted by Crippen LogP contribution is -2.49. The molecule has 1 atom stereocenters. The summed E-state index contributed by atoms with van der Waals surface area (Å²) in [5.41, 5.74) is 1.48. The molecule has 18 heavy (non-hydrogen) atoms. The van der Waals surface area contributed by atoms with Gasteiger partial charge in [-0.2, -0.15) is 0 Å². The van der Waals surface area contributed by atoms with Crippen LogP contribution in [0.4, 0.5) is 0 Å². The van der Waals surface area contributed by atoms with E-state index in [-0.39, 0.29) is 5.97 Å². The lowest BCUT2D eigenvalue weighted by Gasteiger charge is -2.33. The second kappa shape index (κ2) is 5.93. The lowest BCUT2D eigenvalue weighted by molar-refractivity contribution is 0.0600. The van der Waals surface area contributed by atoms with Crippen molar-refractivity contribution >= 4 is 5.97 Å². The number of hydrogen-bond donors (Lipinski definition) is 1. The third-order valence-corrected chi connectivity index (χ3v) is 3.25. The Morgan fingerprint density at radius 1 is 1.61 bits per heavy atom. The minimum absolute atomic E-state index is 0.343. The third-order valence-electron chi connectivity index (χ3n) is 3.25. The van der Waals surface area contributed by atoms with Gasteiger partial charge >= 0.3 is 5.97 Å². The summed E-state index contributed by atoms with van der Waals surface area (Å²) in [6.45, 7) is 6.09. The van der Waals surface area contributed by atoms with Crippen molar-refractivity contribution in [3.63, 3.8) is 0 Å². The quantitative estimate of drug-likeness (QED) is 0.798. The Hall–Kier alpha value is -1.46. The van der Waals surface area contributed by atoms with E-state index in [0.29, 0.717) is 11.6 Å². The Morgan fingerprint density at radius 3 is 3.06 bits per heavy atom. The van der Waals surface area contributed by atoms with E-state index in [2.05, 4.69) is 26.9 Å². The summed E-state index contributed by atoms with van der Waals surface area (Å²) in [6, 6.07) is 4.17. The molecule has 98 valence electrons. The molecular weight excluding hydrogens is 230 g/mol. The van der Waals surface area contributed by atoms with Gasteiger partial charge in [-0.25, -0.2) is 4.79 Å². The highest BCUT2D eigenvalue weighted by molar-refractivity contribution is 5.88. The predicted molar refractivity (Wildman–Crippen MR) is 68.3 cm³/mol. The van der Waals surface area contributed by atoms with Crippen LogP contribution in [0, 0.1) is 0 Å². The normalized spacial score (nSPS) is 20.7. The van der Waals surface area contributed by atoms with Crippen LogP contribution in [0.2, 0.25) is 0 Å². The summed E-state index contributed by atoms with van der Waals surface area (Å²) >= 11 is 0. The number of rotatable bonds is 3. The van der Waals surface area contributed by atoms with Crippen LogP contribution in [0.5, 0.6) is 0 Å². The highest BCUT2D eigenvalue weighted by atomic mass is 16.5.